The van der Waals surface area contributed by atoms with Crippen LogP contribution in [0.15, 0.2) is 30.3 Å². The summed E-state index contributed by atoms with van der Waals surface area (Å²) < 4.78 is 222. The third kappa shape index (κ3) is 20.5. The van der Waals surface area contributed by atoms with Gasteiger partial charge in [-0.05, 0) is 12.0 Å². The summed E-state index contributed by atoms with van der Waals surface area (Å²) in [4.78, 5) is 38.7. The van der Waals surface area contributed by atoms with Crippen LogP contribution in [0.3, 0.4) is 0 Å². The normalized spacial score (nSPS) is 36.8. The summed E-state index contributed by atoms with van der Waals surface area (Å²) in [6, 6.07) is 5.44. The molecule has 83 heavy (non-hydrogen) atoms. The first-order valence-electron chi connectivity index (χ1n) is 23.3. The van der Waals surface area contributed by atoms with E-state index in [2.05, 4.69) is 45.9 Å². The van der Waals surface area contributed by atoms with Crippen molar-refractivity contribution in [1.82, 2.24) is 14.9 Å². The molecule has 16 N–H and O–H groups in total. The first-order valence-corrected chi connectivity index (χ1v) is 30.2. The highest BCUT2D eigenvalue weighted by Crippen LogP contribution is 2.37. The van der Waals surface area contributed by atoms with Gasteiger partial charge in [0.05, 0.1) is 19.3 Å². The van der Waals surface area contributed by atoms with E-state index in [0.717, 1.165) is 33.0 Å². The number of carbonyl (C=O) groups is 3. The molecular weight excluding hydrogens is 1250 g/mol. The second-order valence-electron chi connectivity index (χ2n) is 18.3. The maximum absolute atomic E-state index is 12.7. The highest BCUT2D eigenvalue weighted by Gasteiger charge is 2.60. The maximum Gasteiger partial charge on any atom is 0.397 e. The van der Waals surface area contributed by atoms with Crippen LogP contribution >= 0.6 is 0 Å². The first kappa shape index (κ1) is 70.1. The molecule has 0 aromatic heterocycles. The number of carboxylic acid groups (broad SMARTS) is 2. The number of rotatable bonds is 23. The largest absolute Gasteiger partial charge is 0.479 e. The topological polar surface area (TPSA) is 634 Å². The molecule has 1 aromatic rings. The lowest BCUT2D eigenvalue weighted by Crippen LogP contribution is -2.71. The molecule has 0 radical (unpaired) electrons. The lowest BCUT2D eigenvalue weighted by Gasteiger charge is -2.50. The molecule has 0 unspecified atom stereocenters. The second-order valence-corrected chi connectivity index (χ2v) is 23.7. The Kier molecular flexibility index (Phi) is 24.1. The van der Waals surface area contributed by atoms with E-state index in [0.29, 0.717) is 0 Å². The van der Waals surface area contributed by atoms with Crippen LogP contribution in [-0.4, -0.2) is 289 Å². The SMILES string of the molecule is CC(=O)N[C@@H]1[C@@H](O)[C@H](O[C@@H]2O[C@H](C(=O)O)[C@@H](O[C@@H]3O[C@H](CO)[C@@H](O[C@H]4O[C@@H](C(=O)O)[C@H](O)[C@@H](O)[C@@H]4OS(=O)(=O)O)[C@H](OS(=O)(=O)O)[C@H]3NS(=O)(=O)O)[C@H](O)[C@H]2OS(=O)(=O)O)[C@H](COS(=O)(=O)O)O[C@H]1O.O[C@H]1CCN(Cc2ccccc2)C1. The van der Waals surface area contributed by atoms with Gasteiger partial charge in [0.2, 0.25) is 5.91 Å². The molecule has 5 aliphatic rings. The number of aliphatic carboxylic acids is 2. The van der Waals surface area contributed by atoms with Crippen LogP contribution < -0.4 is 10.0 Å². The number of β-amino-alcohol motifs (C(OH)–C–C–N with tert-alkyl or cyclic N) is 1. The molecule has 0 bridgehead atoms. The highest BCUT2D eigenvalue weighted by molar-refractivity contribution is 7.83. The van der Waals surface area contributed by atoms with Gasteiger partial charge in [-0.15, -0.1) is 0 Å². The minimum absolute atomic E-state index is 0.108. The number of likely N-dealkylation sites (tertiary alicyclic amines) is 1. The summed E-state index contributed by atoms with van der Waals surface area (Å²) in [6.45, 7) is 0.583. The van der Waals surface area contributed by atoms with Crippen molar-refractivity contribution < 1.29 is 175 Å². The molecule has 0 spiro atoms. The van der Waals surface area contributed by atoms with Crippen LogP contribution in [0, 0.1) is 0 Å². The zero-order chi connectivity index (χ0) is 62.5. The zero-order valence-electron chi connectivity index (χ0n) is 41.8. The molecule has 21 atom stereocenters. The minimum Gasteiger partial charge on any atom is -0.479 e. The molecular formula is C37H57N3O38S5. The van der Waals surface area contributed by atoms with Gasteiger partial charge in [0, 0.05) is 26.6 Å². The fraction of sp³-hybridized carbons (Fsp3) is 0.757. The third-order valence-electron chi connectivity index (χ3n) is 12.2. The third-order valence-corrected chi connectivity index (χ3v) is 14.6. The lowest BCUT2D eigenvalue weighted by molar-refractivity contribution is -0.366. The Balaban J connectivity index is 0.000000843. The molecule has 1 aromatic carbocycles. The molecule has 0 aliphatic carbocycles. The van der Waals surface area contributed by atoms with Crippen molar-refractivity contribution in [2.45, 2.75) is 149 Å². The van der Waals surface area contributed by atoms with Gasteiger partial charge in [0.25, 0.3) is 0 Å². The molecule has 5 saturated heterocycles. The molecule has 5 heterocycles. The Morgan fingerprint density at radius 1 is 0.590 bits per heavy atom. The average molecular weight is 1310 g/mol. The fourth-order valence-corrected chi connectivity index (χ4v) is 11.2. The Labute approximate surface area is 469 Å². The van der Waals surface area contributed by atoms with Crippen molar-refractivity contribution >= 4 is 69.7 Å². The Morgan fingerprint density at radius 2 is 1.11 bits per heavy atom. The smallest absolute Gasteiger partial charge is 0.397 e. The predicted octanol–water partition coefficient (Wildman–Crippen LogP) is -9.46. The number of aliphatic hydroxyl groups excluding tert-OH is 7. The van der Waals surface area contributed by atoms with Crippen LogP contribution in [-0.2, 0) is 123 Å². The number of aliphatic hydroxyl groups is 7. The molecule has 6 rings (SSSR count). The summed E-state index contributed by atoms with van der Waals surface area (Å²) in [5, 5.41) is 95.3. The van der Waals surface area contributed by atoms with E-state index in [4.69, 9.17) is 37.7 Å². The van der Waals surface area contributed by atoms with Crippen molar-refractivity contribution in [3.8, 4) is 0 Å². The average Bonchev–Trinajstić information content (AvgIpc) is 3.89. The van der Waals surface area contributed by atoms with Gasteiger partial charge >= 0.3 is 63.8 Å². The Hall–Kier alpha value is -3.62. The zero-order valence-corrected chi connectivity index (χ0v) is 45.9. The summed E-state index contributed by atoms with van der Waals surface area (Å²) >= 11 is 0. The molecule has 5 aliphatic heterocycles. The van der Waals surface area contributed by atoms with Crippen LogP contribution in [0.5, 0.6) is 0 Å². The van der Waals surface area contributed by atoms with Crippen molar-refractivity contribution in [2.75, 3.05) is 26.3 Å². The molecule has 478 valence electrons. The van der Waals surface area contributed by atoms with Gasteiger partial charge in [-0.3, -0.25) is 32.5 Å². The van der Waals surface area contributed by atoms with Crippen LogP contribution in [0.4, 0.5) is 0 Å². The molecule has 41 nitrogen and oxygen atoms in total. The summed E-state index contributed by atoms with van der Waals surface area (Å²) in [5.41, 5.74) is 1.33. The second kappa shape index (κ2) is 28.5. The number of ether oxygens (including phenoxy) is 7. The van der Waals surface area contributed by atoms with E-state index < -0.39 is 206 Å². The monoisotopic (exact) mass is 1310 g/mol. The fourth-order valence-electron chi connectivity index (χ4n) is 8.85. The highest BCUT2D eigenvalue weighted by atomic mass is 32.3. The predicted molar refractivity (Wildman–Crippen MR) is 253 cm³/mol. The van der Waals surface area contributed by atoms with Gasteiger partial charge in [-0.2, -0.15) is 46.8 Å². The van der Waals surface area contributed by atoms with Crippen LogP contribution in [0.2, 0.25) is 0 Å². The Bertz CT molecular complexity index is 2950. The quantitative estimate of drug-likeness (QED) is 0.0453. The summed E-state index contributed by atoms with van der Waals surface area (Å²) in [6.07, 6.45) is -48.3. The van der Waals surface area contributed by atoms with E-state index in [1.165, 1.54) is 10.3 Å². The van der Waals surface area contributed by atoms with Gasteiger partial charge in [-0.25, -0.2) is 26.3 Å². The summed E-state index contributed by atoms with van der Waals surface area (Å²) in [7, 11) is -29.1. The number of carboxylic acids is 2. The first-order chi connectivity index (χ1) is 38.2. The number of hydrogen-bond acceptors (Lipinski definition) is 32. The molecule has 46 heteroatoms. The number of nitrogens with zero attached hydrogens (tertiary/aromatic N) is 1. The van der Waals surface area contributed by atoms with E-state index in [9.17, 15) is 121 Å². The Morgan fingerprint density at radius 3 is 1.59 bits per heavy atom. The van der Waals surface area contributed by atoms with Crippen molar-refractivity contribution in [3.05, 3.63) is 35.9 Å². The number of amides is 1. The van der Waals surface area contributed by atoms with Crippen molar-refractivity contribution in [1.29, 1.82) is 0 Å². The number of nitrogens with one attached hydrogen (secondary N) is 2. The van der Waals surface area contributed by atoms with Gasteiger partial charge < -0.3 is 84.4 Å². The maximum atomic E-state index is 12.7. The standard InChI is InChI=1S/C26H42N2O37S5.C11H15NO/c1-4(30)27-7-9(31)13(6(56-23(7)39)3-55-67(43,44)45)58-26-19(65-70(52,53)54)12(34)16(20(62-26)22(37)38)60-24-8(28-66(40,41)42)15(63-68(46,47)48)14(5(2-29)57-24)59-25-18(64-69(49,50)51)11(33)10(32)17(61-25)21(35)36;13-11-6-7-12(9-11)8-10-4-2-1-3-5-10/h5-20,23-26,28-29,31-34,39H,2-3H2,1H3,(H,27,30)(H,35,36)(H,37,38)(H,40,41,42)(H,43,44,45)(H,46,47,48)(H,49,50,51)(H,52,53,54);1-5,11,13H,6-9H2/t5-,6+,7-,8-,9-,10-,11-,12+,13-,14-,15-,16+,17-,18+,19-,20+,23-,24+,25+,26-;11-/m10/s1. The lowest BCUT2D eigenvalue weighted by atomic mass is 9.94. The van der Waals surface area contributed by atoms with E-state index >= 15 is 0 Å². The summed E-state index contributed by atoms with van der Waals surface area (Å²) in [5.74, 6) is -5.49. The van der Waals surface area contributed by atoms with Crippen molar-refractivity contribution in [2.24, 2.45) is 0 Å². The van der Waals surface area contributed by atoms with Crippen LogP contribution in [0.25, 0.3) is 0 Å². The molecule has 5 fully saturated rings. The number of benzene rings is 1. The molecule has 0 saturated carbocycles. The van der Waals surface area contributed by atoms with Crippen molar-refractivity contribution in [3.63, 3.8) is 0 Å². The van der Waals surface area contributed by atoms with Gasteiger partial charge in [-0.1, -0.05) is 30.3 Å². The number of carbonyl (C=O) groups excluding carboxylic acids is 1. The van der Waals surface area contributed by atoms with Gasteiger partial charge in [0.15, 0.2) is 49.6 Å². The van der Waals surface area contributed by atoms with E-state index in [1.807, 2.05) is 11.4 Å². The van der Waals surface area contributed by atoms with Gasteiger partial charge in [0.1, 0.15) is 73.1 Å². The molecule has 1 amide bonds. The number of hydrogen-bond donors (Lipinski definition) is 16. The van der Waals surface area contributed by atoms with E-state index in [-0.39, 0.29) is 6.10 Å². The minimum atomic E-state index is -6.09. The van der Waals surface area contributed by atoms with E-state index in [1.54, 1.807) is 0 Å². The van der Waals surface area contributed by atoms with Crippen LogP contribution in [0.1, 0.15) is 18.9 Å².